The minimum atomic E-state index is -0.142. The Kier molecular flexibility index (Phi) is 6.05. The molecule has 1 saturated carbocycles. The van der Waals surface area contributed by atoms with Crippen molar-refractivity contribution in [3.63, 3.8) is 0 Å². The highest BCUT2D eigenvalue weighted by atomic mass is 16.2. The van der Waals surface area contributed by atoms with Gasteiger partial charge in [-0.1, -0.05) is 30.3 Å². The predicted octanol–water partition coefficient (Wildman–Crippen LogP) is 2.34. The summed E-state index contributed by atoms with van der Waals surface area (Å²) in [6.45, 7) is 1.16. The quantitative estimate of drug-likeness (QED) is 0.775. The molecule has 0 unspecified atom stereocenters. The van der Waals surface area contributed by atoms with Gasteiger partial charge in [-0.05, 0) is 50.8 Å². The highest BCUT2D eigenvalue weighted by Gasteiger charge is 2.50. The second-order valence-corrected chi connectivity index (χ2v) is 9.24. The average Bonchev–Trinajstić information content (AvgIpc) is 3.08. The maximum atomic E-state index is 12.7. The van der Waals surface area contributed by atoms with Crippen molar-refractivity contribution in [1.82, 2.24) is 25.1 Å². The van der Waals surface area contributed by atoms with E-state index < -0.39 is 0 Å². The van der Waals surface area contributed by atoms with Crippen LogP contribution in [0, 0.1) is 5.41 Å². The Bertz CT molecular complexity index is 908. The van der Waals surface area contributed by atoms with Gasteiger partial charge in [0.05, 0.1) is 6.54 Å². The molecule has 1 spiro atoms. The van der Waals surface area contributed by atoms with E-state index in [-0.39, 0.29) is 29.3 Å². The maximum Gasteiger partial charge on any atom is 0.239 e. The van der Waals surface area contributed by atoms with Gasteiger partial charge in [0.1, 0.15) is 6.33 Å². The molecule has 2 aliphatic rings. The lowest BCUT2D eigenvalue weighted by molar-refractivity contribution is -0.133. The van der Waals surface area contributed by atoms with E-state index in [4.69, 9.17) is 0 Å². The number of amides is 2. The van der Waals surface area contributed by atoms with Crippen LogP contribution in [0.4, 0.5) is 0 Å². The number of benzene rings is 1. The molecule has 0 bridgehead atoms. The Morgan fingerprint density at radius 1 is 1.10 bits per heavy atom. The van der Waals surface area contributed by atoms with Crippen LogP contribution >= 0.6 is 0 Å². The smallest absolute Gasteiger partial charge is 0.239 e. The molecule has 1 aromatic carbocycles. The minimum absolute atomic E-state index is 0.0120. The topological polar surface area (TPSA) is 78.4 Å². The zero-order valence-corrected chi connectivity index (χ0v) is 18.4. The lowest BCUT2D eigenvalue weighted by Gasteiger charge is -2.48. The Morgan fingerprint density at radius 3 is 2.42 bits per heavy atom. The van der Waals surface area contributed by atoms with Crippen LogP contribution in [0.25, 0.3) is 0 Å². The zero-order valence-electron chi connectivity index (χ0n) is 18.4. The molecular formula is C24H31N5O2. The summed E-state index contributed by atoms with van der Waals surface area (Å²) in [5.74, 6) is -0.0488. The Morgan fingerprint density at radius 2 is 1.77 bits per heavy atom. The molecule has 7 nitrogen and oxygen atoms in total. The van der Waals surface area contributed by atoms with Gasteiger partial charge in [-0.2, -0.15) is 0 Å². The molecule has 2 aromatic rings. The van der Waals surface area contributed by atoms with Crippen LogP contribution in [0.15, 0.2) is 49.1 Å². The van der Waals surface area contributed by atoms with Crippen molar-refractivity contribution >= 4 is 11.8 Å². The molecule has 7 heteroatoms. The Hall–Kier alpha value is -2.80. The van der Waals surface area contributed by atoms with E-state index in [1.165, 1.54) is 11.9 Å². The number of hydrogen-bond acceptors (Lipinski definition) is 5. The normalized spacial score (nSPS) is 25.9. The number of aromatic nitrogens is 2. The minimum Gasteiger partial charge on any atom is -0.350 e. The first-order valence-electron chi connectivity index (χ1n) is 10.9. The summed E-state index contributed by atoms with van der Waals surface area (Å²) in [4.78, 5) is 37.1. The summed E-state index contributed by atoms with van der Waals surface area (Å²) in [5, 5.41) is 2.87. The summed E-state index contributed by atoms with van der Waals surface area (Å²) in [6, 6.07) is 10.7. The third kappa shape index (κ3) is 4.46. The van der Waals surface area contributed by atoms with E-state index in [9.17, 15) is 9.59 Å². The monoisotopic (exact) mass is 421 g/mol. The highest BCUT2D eigenvalue weighted by molar-refractivity contribution is 5.86. The first-order chi connectivity index (χ1) is 14.9. The van der Waals surface area contributed by atoms with E-state index in [1.54, 1.807) is 17.3 Å². The fourth-order valence-corrected chi connectivity index (χ4v) is 5.25. The van der Waals surface area contributed by atoms with Crippen LogP contribution in [0.2, 0.25) is 0 Å². The molecule has 0 atom stereocenters. The summed E-state index contributed by atoms with van der Waals surface area (Å²) in [7, 11) is 4.30. The highest BCUT2D eigenvalue weighted by Crippen LogP contribution is 2.52. The zero-order chi connectivity index (χ0) is 21.9. The van der Waals surface area contributed by atoms with Crippen LogP contribution < -0.4 is 5.32 Å². The van der Waals surface area contributed by atoms with E-state index in [0.29, 0.717) is 19.5 Å². The van der Waals surface area contributed by atoms with Gasteiger partial charge < -0.3 is 10.2 Å². The van der Waals surface area contributed by atoms with E-state index in [0.717, 1.165) is 31.2 Å². The number of likely N-dealkylation sites (tertiary alicyclic amines) is 1. The van der Waals surface area contributed by atoms with Crippen molar-refractivity contribution < 1.29 is 9.59 Å². The number of carbonyl (C=O) groups is 2. The molecule has 2 amide bonds. The van der Waals surface area contributed by atoms with Crippen LogP contribution in [-0.4, -0.2) is 58.8 Å². The van der Waals surface area contributed by atoms with Crippen molar-refractivity contribution in [2.45, 2.75) is 44.2 Å². The molecule has 2 fully saturated rings. The first kappa shape index (κ1) is 21.4. The number of carbonyl (C=O) groups excluding carboxylic acids is 2. The molecule has 1 aliphatic carbocycles. The summed E-state index contributed by atoms with van der Waals surface area (Å²) in [6.07, 6.45) is 9.38. The van der Waals surface area contributed by atoms with Crippen molar-refractivity contribution in [3.05, 3.63) is 60.2 Å². The van der Waals surface area contributed by atoms with Gasteiger partial charge in [-0.3, -0.25) is 14.5 Å². The fraction of sp³-hybridized carbons (Fsp3) is 0.500. The number of rotatable bonds is 6. The average molecular weight is 422 g/mol. The summed E-state index contributed by atoms with van der Waals surface area (Å²) < 4.78 is 0. The van der Waals surface area contributed by atoms with Gasteiger partial charge in [-0.15, -0.1) is 0 Å². The fourth-order valence-electron chi connectivity index (χ4n) is 5.25. The van der Waals surface area contributed by atoms with Gasteiger partial charge in [0.15, 0.2) is 0 Å². The van der Waals surface area contributed by atoms with Crippen LogP contribution in [0.3, 0.4) is 0 Å². The SMILES string of the molecule is CN(C)C1(c2ccccc2)CCC2(CC1)CC(=O)N(CC(=O)NCc1cncnc1)C2. The van der Waals surface area contributed by atoms with E-state index in [2.05, 4.69) is 64.6 Å². The van der Waals surface area contributed by atoms with Crippen molar-refractivity contribution in [1.29, 1.82) is 0 Å². The second-order valence-electron chi connectivity index (χ2n) is 9.24. The van der Waals surface area contributed by atoms with Crippen molar-refractivity contribution in [2.75, 3.05) is 27.2 Å². The molecule has 1 N–H and O–H groups in total. The van der Waals surface area contributed by atoms with E-state index >= 15 is 0 Å². The number of hydrogen-bond donors (Lipinski definition) is 1. The molecule has 1 saturated heterocycles. The molecule has 31 heavy (non-hydrogen) atoms. The summed E-state index contributed by atoms with van der Waals surface area (Å²) in [5.41, 5.74) is 2.19. The molecule has 0 radical (unpaired) electrons. The van der Waals surface area contributed by atoms with Crippen LogP contribution in [-0.2, 0) is 21.7 Å². The predicted molar refractivity (Wildman–Crippen MR) is 118 cm³/mol. The first-order valence-corrected chi connectivity index (χ1v) is 10.9. The van der Waals surface area contributed by atoms with E-state index in [1.807, 2.05) is 0 Å². The molecule has 4 rings (SSSR count). The molecule has 2 heterocycles. The van der Waals surface area contributed by atoms with Crippen LogP contribution in [0.1, 0.15) is 43.2 Å². The molecule has 164 valence electrons. The van der Waals surface area contributed by atoms with Crippen LogP contribution in [0.5, 0.6) is 0 Å². The van der Waals surface area contributed by atoms with Gasteiger partial charge in [-0.25, -0.2) is 9.97 Å². The Labute approximate surface area is 183 Å². The lowest BCUT2D eigenvalue weighted by Crippen LogP contribution is -2.47. The van der Waals surface area contributed by atoms with Gasteiger partial charge >= 0.3 is 0 Å². The number of nitrogens with zero attached hydrogens (tertiary/aromatic N) is 4. The third-order valence-corrected chi connectivity index (χ3v) is 7.15. The lowest BCUT2D eigenvalue weighted by atomic mass is 9.64. The van der Waals surface area contributed by atoms with Gasteiger partial charge in [0.25, 0.3) is 0 Å². The molecule has 1 aliphatic heterocycles. The summed E-state index contributed by atoms with van der Waals surface area (Å²) >= 11 is 0. The Balaban J connectivity index is 1.36. The standard InChI is InChI=1S/C24H31N5O2/c1-28(2)24(20-6-4-3-5-7-20)10-8-23(9-11-24)12-22(31)29(17-23)16-21(30)27-15-19-13-25-18-26-14-19/h3-7,13-14,18H,8-12,15-17H2,1-2H3,(H,27,30). The maximum absolute atomic E-state index is 12.7. The number of nitrogens with one attached hydrogen (secondary N) is 1. The largest absolute Gasteiger partial charge is 0.350 e. The second kappa shape index (κ2) is 8.75. The van der Waals surface area contributed by atoms with Gasteiger partial charge in [0.2, 0.25) is 11.8 Å². The third-order valence-electron chi connectivity index (χ3n) is 7.15. The van der Waals surface area contributed by atoms with Crippen molar-refractivity contribution in [3.8, 4) is 0 Å². The molecule has 1 aromatic heterocycles. The van der Waals surface area contributed by atoms with Gasteiger partial charge in [0, 0.05) is 43.0 Å². The molecular weight excluding hydrogens is 390 g/mol. The van der Waals surface area contributed by atoms with Crippen molar-refractivity contribution in [2.24, 2.45) is 5.41 Å².